The molecule has 3 aliphatic heterocycles. The van der Waals surface area contributed by atoms with Crippen LogP contribution in [-0.2, 0) is 32.0 Å². The van der Waals surface area contributed by atoms with Gasteiger partial charge in [-0.1, -0.05) is 24.2 Å². The van der Waals surface area contributed by atoms with Gasteiger partial charge in [0.15, 0.2) is 12.3 Å². The number of carbonyl (C=O) groups is 5. The van der Waals surface area contributed by atoms with Crippen molar-refractivity contribution in [3.63, 3.8) is 0 Å². The predicted molar refractivity (Wildman–Crippen MR) is 168 cm³/mol. The number of benzene rings is 1. The van der Waals surface area contributed by atoms with Crippen molar-refractivity contribution in [1.29, 1.82) is 0 Å². The molecule has 47 heavy (non-hydrogen) atoms. The number of aromatic nitrogens is 1. The van der Waals surface area contributed by atoms with Gasteiger partial charge in [0.25, 0.3) is 11.8 Å². The van der Waals surface area contributed by atoms with Crippen molar-refractivity contribution in [3.8, 4) is 5.75 Å². The highest BCUT2D eigenvalue weighted by atomic mass is 16.5. The maximum absolute atomic E-state index is 13.4. The first kappa shape index (κ1) is 33.9. The quantitative estimate of drug-likeness (QED) is 0.367. The number of hydrogen-bond acceptors (Lipinski definition) is 9. The van der Waals surface area contributed by atoms with Crippen LogP contribution in [-0.4, -0.2) is 107 Å². The lowest BCUT2D eigenvalue weighted by Gasteiger charge is -2.42. The average molecular weight is 653 g/mol. The third-order valence-electron chi connectivity index (χ3n) is 9.27. The molecule has 3 atom stereocenters. The Morgan fingerprint density at radius 1 is 1.09 bits per heavy atom. The van der Waals surface area contributed by atoms with Crippen molar-refractivity contribution in [2.75, 3.05) is 39.4 Å². The fourth-order valence-electron chi connectivity index (χ4n) is 6.62. The van der Waals surface area contributed by atoms with Crippen LogP contribution < -0.4 is 20.7 Å². The fraction of sp³-hybridized carbons (Fsp3) is 0.576. The first-order valence-corrected chi connectivity index (χ1v) is 16.4. The van der Waals surface area contributed by atoms with Gasteiger partial charge in [0, 0.05) is 38.7 Å². The Morgan fingerprint density at radius 2 is 1.87 bits per heavy atom. The van der Waals surface area contributed by atoms with E-state index in [4.69, 9.17) is 9.26 Å². The van der Waals surface area contributed by atoms with E-state index in [1.807, 2.05) is 25.1 Å². The van der Waals surface area contributed by atoms with Crippen LogP contribution in [0.5, 0.6) is 5.75 Å². The molecule has 14 nitrogen and oxygen atoms in total. The molecule has 0 radical (unpaired) electrons. The summed E-state index contributed by atoms with van der Waals surface area (Å²) in [7, 11) is 0. The summed E-state index contributed by atoms with van der Waals surface area (Å²) in [4.78, 5) is 68.9. The second-order valence-corrected chi connectivity index (χ2v) is 12.8. The number of amides is 5. The standard InChI is InChI=1S/C33H44N6O8/c1-3-6-24-16-25(37-47-24)32(45)38-13-10-33(11-14-38)17-22-7-4-8-23(15-22)46-19-28(41)35-21(2)31(44)39-12-5-9-27(39)30(43)36-26(18-40)29(42)34-20-33/h4,7-8,15-16,21,26-27,40H,3,5-6,9-14,17-20H2,1-2H3,(H,34,42)(H,35,41)(H,36,43)/t21-,26-,27-/m0/s1. The molecule has 5 amide bonds. The van der Waals surface area contributed by atoms with Crippen LogP contribution in [0.4, 0.5) is 0 Å². The Bertz CT molecular complexity index is 1470. The van der Waals surface area contributed by atoms with Gasteiger partial charge in [0.2, 0.25) is 17.7 Å². The average Bonchev–Trinajstić information content (AvgIpc) is 3.75. The maximum Gasteiger partial charge on any atom is 0.276 e. The highest BCUT2D eigenvalue weighted by molar-refractivity contribution is 5.95. The number of nitrogens with one attached hydrogen (secondary N) is 3. The number of ether oxygens (including phenoxy) is 1. The third-order valence-corrected chi connectivity index (χ3v) is 9.27. The van der Waals surface area contributed by atoms with Gasteiger partial charge in [-0.2, -0.15) is 0 Å². The van der Waals surface area contributed by atoms with E-state index in [-0.39, 0.29) is 24.8 Å². The van der Waals surface area contributed by atoms with Crippen molar-refractivity contribution >= 4 is 29.5 Å². The van der Waals surface area contributed by atoms with E-state index in [0.717, 1.165) is 12.0 Å². The van der Waals surface area contributed by atoms with Gasteiger partial charge in [0.05, 0.1) is 6.61 Å². The van der Waals surface area contributed by atoms with Crippen molar-refractivity contribution < 1.29 is 38.3 Å². The number of aliphatic hydroxyl groups excluding tert-OH is 1. The van der Waals surface area contributed by atoms with Crippen LogP contribution in [0.15, 0.2) is 34.9 Å². The number of fused-ring (bicyclic) bond motifs is 3. The molecule has 254 valence electrons. The van der Waals surface area contributed by atoms with Gasteiger partial charge in [-0.15, -0.1) is 0 Å². The molecule has 0 aliphatic carbocycles. The lowest BCUT2D eigenvalue weighted by molar-refractivity contribution is -0.142. The highest BCUT2D eigenvalue weighted by Crippen LogP contribution is 2.36. The summed E-state index contributed by atoms with van der Waals surface area (Å²) in [6.45, 7) is 4.04. The molecular formula is C33H44N6O8. The summed E-state index contributed by atoms with van der Waals surface area (Å²) in [5.41, 5.74) is 0.703. The number of likely N-dealkylation sites (tertiary alicyclic amines) is 1. The summed E-state index contributed by atoms with van der Waals surface area (Å²) >= 11 is 0. The van der Waals surface area contributed by atoms with Crippen molar-refractivity contribution in [2.45, 2.75) is 76.9 Å². The molecule has 0 unspecified atom stereocenters. The zero-order chi connectivity index (χ0) is 33.6. The Kier molecular flexibility index (Phi) is 10.8. The van der Waals surface area contributed by atoms with Crippen LogP contribution >= 0.6 is 0 Å². The number of aliphatic hydroxyl groups is 1. The molecule has 1 aromatic heterocycles. The largest absolute Gasteiger partial charge is 0.484 e. The van der Waals surface area contributed by atoms with Crippen LogP contribution in [0.3, 0.4) is 0 Å². The molecular weight excluding hydrogens is 608 g/mol. The first-order chi connectivity index (χ1) is 22.6. The SMILES string of the molecule is CCCc1cc(C(=O)N2CCC3(CC2)CNC(=O)[C@H](CO)NC(=O)[C@@H]2CCCN2C(=O)[C@H](C)NC(=O)COc2cccc(c2)C3)no1. The highest BCUT2D eigenvalue weighted by Gasteiger charge is 2.40. The van der Waals surface area contributed by atoms with Gasteiger partial charge in [-0.25, -0.2) is 0 Å². The lowest BCUT2D eigenvalue weighted by atomic mass is 9.73. The van der Waals surface area contributed by atoms with E-state index < -0.39 is 53.8 Å². The molecule has 4 N–H and O–H groups in total. The molecule has 0 saturated carbocycles. The van der Waals surface area contributed by atoms with E-state index in [9.17, 15) is 29.1 Å². The molecule has 2 bridgehead atoms. The summed E-state index contributed by atoms with van der Waals surface area (Å²) in [5, 5.41) is 22.3. The van der Waals surface area contributed by atoms with E-state index >= 15 is 0 Å². The van der Waals surface area contributed by atoms with Crippen LogP contribution in [0.25, 0.3) is 0 Å². The molecule has 2 aromatic rings. The Balaban J connectivity index is 1.37. The smallest absolute Gasteiger partial charge is 0.276 e. The van der Waals surface area contributed by atoms with Crippen LogP contribution in [0, 0.1) is 5.41 Å². The van der Waals surface area contributed by atoms with Crippen LogP contribution in [0.1, 0.15) is 67.8 Å². The van der Waals surface area contributed by atoms with Gasteiger partial charge in [0.1, 0.15) is 29.6 Å². The van der Waals surface area contributed by atoms with Gasteiger partial charge >= 0.3 is 0 Å². The number of rotatable bonds is 4. The summed E-state index contributed by atoms with van der Waals surface area (Å²) in [5.74, 6) is -1.06. The zero-order valence-electron chi connectivity index (χ0n) is 27.0. The molecule has 4 heterocycles. The van der Waals surface area contributed by atoms with Crippen molar-refractivity contribution in [3.05, 3.63) is 47.3 Å². The normalized spacial score (nSPS) is 24.3. The van der Waals surface area contributed by atoms with E-state index in [0.29, 0.717) is 69.7 Å². The minimum Gasteiger partial charge on any atom is -0.484 e. The monoisotopic (exact) mass is 652 g/mol. The number of aryl methyl sites for hydroxylation is 1. The van der Waals surface area contributed by atoms with Gasteiger partial charge in [-0.05, 0) is 68.6 Å². The molecule has 2 saturated heterocycles. The fourth-order valence-corrected chi connectivity index (χ4v) is 6.62. The minimum absolute atomic E-state index is 0.211. The topological polar surface area (TPSA) is 183 Å². The Hall–Kier alpha value is -4.46. The second-order valence-electron chi connectivity index (χ2n) is 12.8. The van der Waals surface area contributed by atoms with Crippen molar-refractivity contribution in [2.24, 2.45) is 5.41 Å². The van der Waals surface area contributed by atoms with Crippen LogP contribution in [0.2, 0.25) is 0 Å². The molecule has 14 heteroatoms. The Morgan fingerprint density at radius 3 is 2.62 bits per heavy atom. The van der Waals surface area contributed by atoms with Gasteiger partial charge < -0.3 is 40.1 Å². The number of nitrogens with zero attached hydrogens (tertiary/aromatic N) is 3. The molecule has 5 rings (SSSR count). The summed E-state index contributed by atoms with van der Waals surface area (Å²) in [6, 6.07) is 6.08. The number of carbonyl (C=O) groups excluding carboxylic acids is 5. The molecule has 2 fully saturated rings. The lowest BCUT2D eigenvalue weighted by Crippen LogP contribution is -2.57. The number of hydrogen-bond donors (Lipinski definition) is 4. The summed E-state index contributed by atoms with van der Waals surface area (Å²) in [6.07, 6.45) is 4.18. The molecule has 3 aliphatic rings. The maximum atomic E-state index is 13.4. The first-order valence-electron chi connectivity index (χ1n) is 16.4. The van der Waals surface area contributed by atoms with Gasteiger partial charge in [-0.3, -0.25) is 24.0 Å². The molecule has 1 aromatic carbocycles. The third kappa shape index (κ3) is 8.10. The zero-order valence-corrected chi connectivity index (χ0v) is 27.0. The van der Waals surface area contributed by atoms with E-state index in [1.165, 1.54) is 4.90 Å². The predicted octanol–water partition coefficient (Wildman–Crippen LogP) is 0.574. The van der Waals surface area contributed by atoms with E-state index in [2.05, 4.69) is 21.1 Å². The minimum atomic E-state index is -1.22. The van der Waals surface area contributed by atoms with Crippen molar-refractivity contribution in [1.82, 2.24) is 30.9 Å². The van der Waals surface area contributed by atoms with E-state index in [1.54, 1.807) is 24.0 Å². The summed E-state index contributed by atoms with van der Waals surface area (Å²) < 4.78 is 11.1. The second kappa shape index (κ2) is 15.0. The number of piperidine rings is 1. The Labute approximate surface area is 273 Å². The molecule has 1 spiro atoms.